The van der Waals surface area contributed by atoms with Crippen LogP contribution in [-0.4, -0.2) is 45.4 Å². The highest BCUT2D eigenvalue weighted by Crippen LogP contribution is 2.29. The molecule has 1 saturated heterocycles. The fraction of sp³-hybridized carbons (Fsp3) is 0.208. The second-order valence-electron chi connectivity index (χ2n) is 8.00. The highest BCUT2D eigenvalue weighted by molar-refractivity contribution is 7.92. The van der Waals surface area contributed by atoms with Crippen molar-refractivity contribution in [1.29, 1.82) is 0 Å². The van der Waals surface area contributed by atoms with E-state index in [1.54, 1.807) is 6.92 Å². The van der Waals surface area contributed by atoms with Gasteiger partial charge in [-0.1, -0.05) is 23.7 Å². The van der Waals surface area contributed by atoms with E-state index in [0.717, 1.165) is 30.4 Å². The van der Waals surface area contributed by atoms with Gasteiger partial charge in [0.25, 0.3) is 15.7 Å². The van der Waals surface area contributed by atoms with Crippen molar-refractivity contribution < 1.29 is 18.1 Å². The Kier molecular flexibility index (Phi) is 7.73. The van der Waals surface area contributed by atoms with E-state index in [9.17, 15) is 18.5 Å². The third kappa shape index (κ3) is 6.11. The number of halogens is 1. The van der Waals surface area contributed by atoms with Gasteiger partial charge in [0.05, 0.1) is 28.7 Å². The summed E-state index contributed by atoms with van der Waals surface area (Å²) in [5.41, 5.74) is 5.16. The topological polar surface area (TPSA) is 126 Å². The maximum absolute atomic E-state index is 12.7. The Morgan fingerprint density at radius 2 is 1.72 bits per heavy atom. The van der Waals surface area contributed by atoms with Crippen molar-refractivity contribution in [3.63, 3.8) is 0 Å². The number of ether oxygens (including phenoxy) is 1. The van der Waals surface area contributed by atoms with Gasteiger partial charge in [0, 0.05) is 35.6 Å². The smallest absolute Gasteiger partial charge is 0.295 e. The second kappa shape index (κ2) is 10.9. The Morgan fingerprint density at radius 3 is 2.36 bits per heavy atom. The van der Waals surface area contributed by atoms with E-state index < -0.39 is 20.6 Å². The summed E-state index contributed by atoms with van der Waals surface area (Å²) in [6, 6.07) is 17.5. The average molecular weight is 530 g/mol. The molecule has 0 aromatic heterocycles. The second-order valence-corrected chi connectivity index (χ2v) is 10.1. The van der Waals surface area contributed by atoms with Crippen LogP contribution >= 0.6 is 11.6 Å². The Balaban J connectivity index is 1.50. The van der Waals surface area contributed by atoms with Crippen molar-refractivity contribution in [2.45, 2.75) is 11.8 Å². The normalized spacial score (nSPS) is 14.4. The molecule has 0 aliphatic carbocycles. The highest BCUT2D eigenvalue weighted by Gasteiger charge is 2.22. The number of hydrogen-bond donors (Lipinski definition) is 2. The van der Waals surface area contributed by atoms with E-state index in [1.165, 1.54) is 36.4 Å². The van der Waals surface area contributed by atoms with Crippen molar-refractivity contribution in [1.82, 2.24) is 0 Å². The molecule has 1 fully saturated rings. The maximum Gasteiger partial charge on any atom is 0.295 e. The zero-order chi connectivity index (χ0) is 25.7. The Labute approximate surface area is 213 Å². The number of anilines is 3. The Bertz CT molecular complexity index is 1370. The molecular weight excluding hydrogens is 506 g/mol. The van der Waals surface area contributed by atoms with Gasteiger partial charge in [-0.2, -0.15) is 5.10 Å². The number of rotatable bonds is 8. The summed E-state index contributed by atoms with van der Waals surface area (Å²) in [6.45, 7) is 4.83. The first-order valence-corrected chi connectivity index (χ1v) is 12.9. The lowest BCUT2D eigenvalue weighted by Crippen LogP contribution is -2.36. The summed E-state index contributed by atoms with van der Waals surface area (Å²) < 4.78 is 33.2. The molecule has 0 radical (unpaired) electrons. The first kappa shape index (κ1) is 25.4. The number of benzene rings is 3. The standard InChI is InChI=1S/C24H24ClN5O5S/c1-17(18-2-8-21(9-3-18)29-12-14-35-15-13-29)26-27-23-11-10-22(16-24(23)30(31)32)36(33,34)28-20-6-4-19(25)5-7-20/h2-11,16,27-28H,12-15H2,1H3. The summed E-state index contributed by atoms with van der Waals surface area (Å²) in [6.07, 6.45) is 0. The number of morpholine rings is 1. The van der Waals surface area contributed by atoms with Crippen molar-refractivity contribution in [3.05, 3.63) is 87.4 Å². The molecule has 188 valence electrons. The minimum absolute atomic E-state index is 0.0646. The zero-order valence-electron chi connectivity index (χ0n) is 19.3. The molecule has 10 nitrogen and oxygen atoms in total. The summed E-state index contributed by atoms with van der Waals surface area (Å²) in [5, 5.41) is 16.4. The number of nitrogens with zero attached hydrogens (tertiary/aromatic N) is 3. The minimum Gasteiger partial charge on any atom is -0.378 e. The first-order chi connectivity index (χ1) is 17.2. The molecule has 0 bridgehead atoms. The summed E-state index contributed by atoms with van der Waals surface area (Å²) in [7, 11) is -4.06. The number of nitrogens with one attached hydrogen (secondary N) is 2. The molecule has 0 atom stereocenters. The SMILES string of the molecule is CC(=NNc1ccc(S(=O)(=O)Nc2ccc(Cl)cc2)cc1[N+](=O)[O-])c1ccc(N2CCOCC2)cc1. The van der Waals surface area contributed by atoms with Crippen molar-refractivity contribution in [3.8, 4) is 0 Å². The van der Waals surface area contributed by atoms with Gasteiger partial charge in [0.2, 0.25) is 0 Å². The van der Waals surface area contributed by atoms with Crippen LogP contribution in [0, 0.1) is 10.1 Å². The predicted octanol–water partition coefficient (Wildman–Crippen LogP) is 4.72. The van der Waals surface area contributed by atoms with Crippen molar-refractivity contribution >= 4 is 50.1 Å². The minimum atomic E-state index is -4.06. The highest BCUT2D eigenvalue weighted by atomic mass is 35.5. The molecule has 36 heavy (non-hydrogen) atoms. The zero-order valence-corrected chi connectivity index (χ0v) is 20.9. The van der Waals surface area contributed by atoms with Gasteiger partial charge in [-0.05, 0) is 61.0 Å². The largest absolute Gasteiger partial charge is 0.378 e. The van der Waals surface area contributed by atoms with Crippen LogP contribution in [0.3, 0.4) is 0 Å². The van der Waals surface area contributed by atoms with Crippen LogP contribution in [0.5, 0.6) is 0 Å². The third-order valence-electron chi connectivity index (χ3n) is 5.58. The average Bonchev–Trinajstić information content (AvgIpc) is 2.89. The predicted molar refractivity (Wildman–Crippen MR) is 141 cm³/mol. The molecule has 0 unspecified atom stereocenters. The van der Waals surface area contributed by atoms with Gasteiger partial charge in [-0.25, -0.2) is 8.42 Å². The molecule has 2 N–H and O–H groups in total. The molecule has 1 aliphatic heterocycles. The molecular formula is C24H24ClN5O5S. The lowest BCUT2D eigenvalue weighted by molar-refractivity contribution is -0.384. The molecule has 12 heteroatoms. The van der Waals surface area contributed by atoms with E-state index >= 15 is 0 Å². The fourth-order valence-corrected chi connectivity index (χ4v) is 4.80. The molecule has 3 aromatic carbocycles. The maximum atomic E-state index is 12.7. The van der Waals surface area contributed by atoms with E-state index in [2.05, 4.69) is 20.1 Å². The number of hydrazone groups is 1. The van der Waals surface area contributed by atoms with Crippen LogP contribution in [-0.2, 0) is 14.8 Å². The molecule has 1 aliphatic rings. The van der Waals surface area contributed by atoms with Crippen LogP contribution in [0.1, 0.15) is 12.5 Å². The Morgan fingerprint density at radius 1 is 1.06 bits per heavy atom. The lowest BCUT2D eigenvalue weighted by atomic mass is 10.1. The van der Waals surface area contributed by atoms with Gasteiger partial charge in [-0.3, -0.25) is 20.3 Å². The van der Waals surface area contributed by atoms with Gasteiger partial charge in [-0.15, -0.1) is 0 Å². The number of nitro groups is 1. The number of nitro benzene ring substituents is 1. The third-order valence-corrected chi connectivity index (χ3v) is 7.21. The Hall–Kier alpha value is -3.67. The van der Waals surface area contributed by atoms with E-state index in [1.807, 2.05) is 24.3 Å². The van der Waals surface area contributed by atoms with Crippen LogP contribution in [0.2, 0.25) is 5.02 Å². The van der Waals surface area contributed by atoms with Crippen LogP contribution < -0.4 is 15.0 Å². The lowest BCUT2D eigenvalue weighted by Gasteiger charge is -2.28. The number of hydrogen-bond acceptors (Lipinski definition) is 8. The fourth-order valence-electron chi connectivity index (χ4n) is 3.60. The molecule has 4 rings (SSSR count). The monoisotopic (exact) mass is 529 g/mol. The molecule has 0 amide bonds. The van der Waals surface area contributed by atoms with Gasteiger partial charge in [0.1, 0.15) is 5.69 Å². The van der Waals surface area contributed by atoms with Crippen LogP contribution in [0.25, 0.3) is 0 Å². The summed E-state index contributed by atoms with van der Waals surface area (Å²) in [4.78, 5) is 13.0. The quantitative estimate of drug-likeness (QED) is 0.245. The van der Waals surface area contributed by atoms with E-state index in [-0.39, 0.29) is 16.3 Å². The molecule has 3 aromatic rings. The summed E-state index contributed by atoms with van der Waals surface area (Å²) in [5.74, 6) is 0. The van der Waals surface area contributed by atoms with Crippen LogP contribution in [0.4, 0.5) is 22.7 Å². The molecule has 0 spiro atoms. The van der Waals surface area contributed by atoms with Crippen molar-refractivity contribution in [2.75, 3.05) is 41.4 Å². The van der Waals surface area contributed by atoms with Crippen LogP contribution in [0.15, 0.2) is 76.7 Å². The van der Waals surface area contributed by atoms with Gasteiger partial charge < -0.3 is 9.64 Å². The van der Waals surface area contributed by atoms with Gasteiger partial charge >= 0.3 is 0 Å². The summed E-state index contributed by atoms with van der Waals surface area (Å²) >= 11 is 5.83. The van der Waals surface area contributed by atoms with E-state index in [0.29, 0.717) is 23.9 Å². The van der Waals surface area contributed by atoms with Crippen molar-refractivity contribution in [2.24, 2.45) is 5.10 Å². The van der Waals surface area contributed by atoms with E-state index in [4.69, 9.17) is 16.3 Å². The molecule has 1 heterocycles. The first-order valence-electron chi connectivity index (χ1n) is 11.0. The number of sulfonamides is 1. The molecule has 0 saturated carbocycles. The van der Waals surface area contributed by atoms with Gasteiger partial charge in [0.15, 0.2) is 0 Å².